The van der Waals surface area contributed by atoms with Crippen LogP contribution in [-0.4, -0.2) is 83.2 Å². The lowest BCUT2D eigenvalue weighted by Gasteiger charge is -2.39. The van der Waals surface area contributed by atoms with Crippen LogP contribution in [0.25, 0.3) is 22.6 Å². The summed E-state index contributed by atoms with van der Waals surface area (Å²) in [6.07, 6.45) is 3.77. The van der Waals surface area contributed by atoms with Crippen LogP contribution in [0.15, 0.2) is 36.4 Å². The van der Waals surface area contributed by atoms with Crippen LogP contribution >= 0.6 is 0 Å². The molecule has 0 radical (unpaired) electrons. The molecule has 0 amide bonds. The van der Waals surface area contributed by atoms with Crippen molar-refractivity contribution < 1.29 is 4.74 Å². The van der Waals surface area contributed by atoms with Crippen molar-refractivity contribution in [2.45, 2.75) is 45.2 Å². The SMILES string of the molecule is COc1ccc2nc(-c3cccc(N4CCCN(C5CCN(C(C)C)CC5)CC4)n3)[nH]c2c1. The van der Waals surface area contributed by atoms with Gasteiger partial charge in [-0.3, -0.25) is 4.90 Å². The van der Waals surface area contributed by atoms with E-state index in [0.717, 1.165) is 59.8 Å². The molecule has 176 valence electrons. The Balaban J connectivity index is 1.26. The topological polar surface area (TPSA) is 60.5 Å². The zero-order valence-corrected chi connectivity index (χ0v) is 20.1. The third-order valence-electron chi connectivity index (χ3n) is 7.27. The van der Waals surface area contributed by atoms with Crippen molar-refractivity contribution in [2.24, 2.45) is 0 Å². The molecule has 3 aromatic rings. The molecular formula is C26H36N6O. The van der Waals surface area contributed by atoms with Crippen molar-refractivity contribution in [2.75, 3.05) is 51.3 Å². The van der Waals surface area contributed by atoms with Gasteiger partial charge in [0.05, 0.1) is 18.1 Å². The maximum Gasteiger partial charge on any atom is 0.157 e. The minimum atomic E-state index is 0.665. The number of fused-ring (bicyclic) bond motifs is 1. The standard InChI is InChI=1S/C26H36N6O/c1-19(2)30-14-10-20(11-15-30)31-12-5-13-32(17-16-31)25-7-4-6-23(27-25)26-28-22-9-8-21(33-3)18-24(22)29-26/h4,6-9,18-20H,5,10-17H2,1-3H3,(H,28,29). The first-order chi connectivity index (χ1) is 16.1. The number of aromatic nitrogens is 3. The van der Waals surface area contributed by atoms with E-state index in [0.29, 0.717) is 6.04 Å². The number of benzene rings is 1. The van der Waals surface area contributed by atoms with Gasteiger partial charge in [-0.25, -0.2) is 9.97 Å². The predicted molar refractivity (Wildman–Crippen MR) is 134 cm³/mol. The molecule has 5 rings (SSSR count). The number of H-pyrrole nitrogens is 1. The number of rotatable bonds is 5. The van der Waals surface area contributed by atoms with E-state index in [9.17, 15) is 0 Å². The average Bonchev–Trinajstić information content (AvgIpc) is 3.12. The van der Waals surface area contributed by atoms with E-state index in [1.807, 2.05) is 24.3 Å². The summed E-state index contributed by atoms with van der Waals surface area (Å²) in [4.78, 5) is 20.9. The summed E-state index contributed by atoms with van der Waals surface area (Å²) in [5, 5.41) is 0. The van der Waals surface area contributed by atoms with Crippen LogP contribution in [0.4, 0.5) is 5.82 Å². The third kappa shape index (κ3) is 4.84. The molecule has 0 atom stereocenters. The monoisotopic (exact) mass is 448 g/mol. The molecule has 2 fully saturated rings. The van der Waals surface area contributed by atoms with Gasteiger partial charge >= 0.3 is 0 Å². The molecule has 1 N–H and O–H groups in total. The predicted octanol–water partition coefficient (Wildman–Crippen LogP) is 4.02. The van der Waals surface area contributed by atoms with Crippen LogP contribution in [-0.2, 0) is 0 Å². The zero-order valence-electron chi connectivity index (χ0n) is 20.1. The Labute approximate surface area is 196 Å². The van der Waals surface area contributed by atoms with Gasteiger partial charge in [-0.2, -0.15) is 0 Å². The summed E-state index contributed by atoms with van der Waals surface area (Å²) in [5.41, 5.74) is 2.77. The fraction of sp³-hybridized carbons (Fsp3) is 0.538. The van der Waals surface area contributed by atoms with Crippen LogP contribution in [0.2, 0.25) is 0 Å². The lowest BCUT2D eigenvalue weighted by atomic mass is 10.0. The van der Waals surface area contributed by atoms with E-state index in [-0.39, 0.29) is 0 Å². The molecule has 0 unspecified atom stereocenters. The molecule has 0 spiro atoms. The minimum Gasteiger partial charge on any atom is -0.497 e. The molecular weight excluding hydrogens is 412 g/mol. The van der Waals surface area contributed by atoms with E-state index in [1.54, 1.807) is 7.11 Å². The smallest absolute Gasteiger partial charge is 0.157 e. The first-order valence-electron chi connectivity index (χ1n) is 12.3. The number of methoxy groups -OCH3 is 1. The minimum absolute atomic E-state index is 0.665. The zero-order chi connectivity index (χ0) is 22.8. The van der Waals surface area contributed by atoms with Crippen LogP contribution < -0.4 is 9.64 Å². The van der Waals surface area contributed by atoms with Crippen molar-refractivity contribution in [1.29, 1.82) is 0 Å². The second-order valence-corrected chi connectivity index (χ2v) is 9.59. The molecule has 7 heteroatoms. The molecule has 2 saturated heterocycles. The quantitative estimate of drug-likeness (QED) is 0.636. The normalized spacial score (nSPS) is 19.3. The van der Waals surface area contributed by atoms with E-state index in [2.05, 4.69) is 45.7 Å². The van der Waals surface area contributed by atoms with Crippen molar-refractivity contribution in [3.8, 4) is 17.3 Å². The Morgan fingerprint density at radius 1 is 0.970 bits per heavy atom. The number of nitrogens with zero attached hydrogens (tertiary/aromatic N) is 5. The Kier molecular flexibility index (Phi) is 6.51. The first kappa shape index (κ1) is 22.2. The Morgan fingerprint density at radius 3 is 2.61 bits per heavy atom. The number of aromatic amines is 1. The van der Waals surface area contributed by atoms with E-state index in [4.69, 9.17) is 14.7 Å². The van der Waals surface area contributed by atoms with Gasteiger partial charge in [0.25, 0.3) is 0 Å². The summed E-state index contributed by atoms with van der Waals surface area (Å²) < 4.78 is 5.34. The van der Waals surface area contributed by atoms with Crippen LogP contribution in [0.3, 0.4) is 0 Å². The third-order valence-corrected chi connectivity index (χ3v) is 7.27. The maximum absolute atomic E-state index is 5.34. The van der Waals surface area contributed by atoms with Gasteiger partial charge < -0.3 is 19.5 Å². The highest BCUT2D eigenvalue weighted by atomic mass is 16.5. The molecule has 33 heavy (non-hydrogen) atoms. The molecule has 4 heterocycles. The van der Waals surface area contributed by atoms with Gasteiger partial charge in [0.1, 0.15) is 17.3 Å². The molecule has 0 bridgehead atoms. The lowest BCUT2D eigenvalue weighted by Crippen LogP contribution is -2.47. The van der Waals surface area contributed by atoms with Crippen molar-refractivity contribution in [3.63, 3.8) is 0 Å². The number of likely N-dealkylation sites (tertiary alicyclic amines) is 1. The maximum atomic E-state index is 5.34. The molecule has 0 saturated carbocycles. The van der Waals surface area contributed by atoms with E-state index >= 15 is 0 Å². The summed E-state index contributed by atoms with van der Waals surface area (Å²) in [6, 6.07) is 13.5. The molecule has 1 aromatic carbocycles. The number of hydrogen-bond acceptors (Lipinski definition) is 6. The number of piperidine rings is 1. The Bertz CT molecular complexity index is 1070. The lowest BCUT2D eigenvalue weighted by molar-refractivity contribution is 0.0965. The van der Waals surface area contributed by atoms with E-state index in [1.165, 1.54) is 38.9 Å². The highest BCUT2D eigenvalue weighted by Crippen LogP contribution is 2.25. The molecule has 2 aliphatic heterocycles. The second kappa shape index (κ2) is 9.69. The summed E-state index contributed by atoms with van der Waals surface area (Å²) in [5.74, 6) is 2.67. The fourth-order valence-electron chi connectivity index (χ4n) is 5.27. The number of pyridine rings is 1. The molecule has 0 aliphatic carbocycles. The van der Waals surface area contributed by atoms with Crippen molar-refractivity contribution >= 4 is 16.9 Å². The molecule has 7 nitrogen and oxygen atoms in total. The first-order valence-corrected chi connectivity index (χ1v) is 12.3. The number of ether oxygens (including phenoxy) is 1. The van der Waals surface area contributed by atoms with Gasteiger partial charge in [-0.15, -0.1) is 0 Å². The van der Waals surface area contributed by atoms with Crippen molar-refractivity contribution in [3.05, 3.63) is 36.4 Å². The fourth-order valence-corrected chi connectivity index (χ4v) is 5.27. The van der Waals surface area contributed by atoms with Gasteiger partial charge in [-0.05, 0) is 70.5 Å². The largest absolute Gasteiger partial charge is 0.497 e. The Hall–Kier alpha value is -2.64. The number of anilines is 1. The number of nitrogens with one attached hydrogen (secondary N) is 1. The highest BCUT2D eigenvalue weighted by molar-refractivity contribution is 5.80. The highest BCUT2D eigenvalue weighted by Gasteiger charge is 2.27. The number of hydrogen-bond donors (Lipinski definition) is 1. The van der Waals surface area contributed by atoms with Gasteiger partial charge in [0.15, 0.2) is 5.82 Å². The Morgan fingerprint density at radius 2 is 1.82 bits per heavy atom. The van der Waals surface area contributed by atoms with Crippen LogP contribution in [0.1, 0.15) is 33.1 Å². The number of imidazole rings is 1. The van der Waals surface area contributed by atoms with Gasteiger partial charge in [0, 0.05) is 44.3 Å². The van der Waals surface area contributed by atoms with Gasteiger partial charge in [-0.1, -0.05) is 6.07 Å². The second-order valence-electron chi connectivity index (χ2n) is 9.59. The van der Waals surface area contributed by atoms with Crippen molar-refractivity contribution in [1.82, 2.24) is 24.8 Å². The summed E-state index contributed by atoms with van der Waals surface area (Å²) >= 11 is 0. The van der Waals surface area contributed by atoms with Crippen LogP contribution in [0, 0.1) is 0 Å². The summed E-state index contributed by atoms with van der Waals surface area (Å²) in [7, 11) is 1.68. The van der Waals surface area contributed by atoms with E-state index < -0.39 is 0 Å². The summed E-state index contributed by atoms with van der Waals surface area (Å²) in [6.45, 7) is 11.5. The molecule has 2 aromatic heterocycles. The van der Waals surface area contributed by atoms with Gasteiger partial charge in [0.2, 0.25) is 0 Å². The average molecular weight is 449 g/mol. The van der Waals surface area contributed by atoms with Crippen LogP contribution in [0.5, 0.6) is 5.75 Å². The molecule has 2 aliphatic rings.